The average Bonchev–Trinajstić information content (AvgIpc) is 3.50. The molecule has 6 nitrogen and oxygen atoms in total. The van der Waals surface area contributed by atoms with Gasteiger partial charge in [-0.2, -0.15) is 0 Å². The van der Waals surface area contributed by atoms with Gasteiger partial charge in [-0.05, 0) is 128 Å². The largest absolute Gasteiger partial charge is 0.462 e. The van der Waals surface area contributed by atoms with Gasteiger partial charge < -0.3 is 14.2 Å². The molecule has 0 aliphatic rings. The standard InChI is InChI=1S/C77H132O6/c1-4-7-10-13-16-19-22-25-28-31-34-36-37-38-39-41-43-46-49-52-55-58-61-64-67-70-76(79)82-73-74(72-81-75(78)69-66-63-60-57-54-51-48-45-42-33-30-27-24-21-18-15-12-9-6-3)83-77(80)71-68-65-62-59-56-53-50-47-44-40-35-32-29-26-23-20-17-14-11-8-5-2/h8,11,17-18,20-22,25-27,29-31,34-35,37-38,40,74H,4-7,9-10,12-16,19,23-24,28,32-33,36,39,41-73H2,1-3H3/b11-8-,20-17-,21-18-,25-22-,29-26-,30-27-,34-31-,38-37-,40-35-. The van der Waals surface area contributed by atoms with Crippen LogP contribution in [0.25, 0.3) is 0 Å². The number of carbonyl (C=O) groups is 3. The lowest BCUT2D eigenvalue weighted by atomic mass is 10.0. The Morgan fingerprint density at radius 3 is 0.759 bits per heavy atom. The normalized spacial score (nSPS) is 12.8. The first-order valence-corrected chi connectivity index (χ1v) is 35.4. The molecule has 0 aliphatic carbocycles. The van der Waals surface area contributed by atoms with Crippen molar-refractivity contribution in [1.82, 2.24) is 0 Å². The lowest BCUT2D eigenvalue weighted by molar-refractivity contribution is -0.167. The fourth-order valence-corrected chi connectivity index (χ4v) is 9.94. The molecule has 0 amide bonds. The summed E-state index contributed by atoms with van der Waals surface area (Å²) in [5.41, 5.74) is 0. The number of rotatable bonds is 64. The van der Waals surface area contributed by atoms with Crippen LogP contribution in [0.1, 0.15) is 342 Å². The Morgan fingerprint density at radius 1 is 0.253 bits per heavy atom. The van der Waals surface area contributed by atoms with Crippen molar-refractivity contribution in [3.05, 3.63) is 109 Å². The summed E-state index contributed by atoms with van der Waals surface area (Å²) in [5.74, 6) is -0.887. The highest BCUT2D eigenvalue weighted by Crippen LogP contribution is 2.17. The summed E-state index contributed by atoms with van der Waals surface area (Å²) < 4.78 is 17.0. The molecule has 1 atom stereocenters. The van der Waals surface area contributed by atoms with Gasteiger partial charge in [-0.1, -0.05) is 304 Å². The van der Waals surface area contributed by atoms with E-state index in [1.54, 1.807) is 0 Å². The SMILES string of the molecule is CC/C=C\C/C=C\C/C=C\C/C=C\CCCCCCCCCCC(=O)OC(COC(=O)CCCCCCCCCCC/C=C\C/C=C\CCCCC)COC(=O)CCCCCCCCCCCC/C=C\C/C=C\C/C=C\CCCCCCC. The molecule has 0 saturated heterocycles. The highest BCUT2D eigenvalue weighted by Gasteiger charge is 2.19. The lowest BCUT2D eigenvalue weighted by Crippen LogP contribution is -2.30. The molecular formula is C77H132O6. The molecule has 0 N–H and O–H groups in total. The fraction of sp³-hybridized carbons (Fsp3) is 0.727. The summed E-state index contributed by atoms with van der Waals surface area (Å²) in [7, 11) is 0. The van der Waals surface area contributed by atoms with E-state index in [0.717, 1.165) is 109 Å². The molecular weight excluding hydrogens is 1020 g/mol. The van der Waals surface area contributed by atoms with Crippen molar-refractivity contribution in [2.45, 2.75) is 348 Å². The number of allylic oxidation sites excluding steroid dienone is 18. The van der Waals surface area contributed by atoms with Gasteiger partial charge in [-0.3, -0.25) is 14.4 Å². The number of carbonyl (C=O) groups excluding carboxylic acids is 3. The van der Waals surface area contributed by atoms with Crippen LogP contribution in [-0.2, 0) is 28.6 Å². The summed E-state index contributed by atoms with van der Waals surface area (Å²) in [4.78, 5) is 38.5. The van der Waals surface area contributed by atoms with E-state index in [0.29, 0.717) is 19.3 Å². The number of ether oxygens (including phenoxy) is 3. The Hall–Kier alpha value is -3.93. The molecule has 6 heteroatoms. The van der Waals surface area contributed by atoms with Crippen molar-refractivity contribution in [2.75, 3.05) is 13.2 Å². The summed E-state index contributed by atoms with van der Waals surface area (Å²) >= 11 is 0. The Bertz CT molecular complexity index is 1660. The van der Waals surface area contributed by atoms with Crippen molar-refractivity contribution < 1.29 is 28.6 Å². The highest BCUT2D eigenvalue weighted by atomic mass is 16.6. The molecule has 0 aromatic rings. The molecule has 83 heavy (non-hydrogen) atoms. The van der Waals surface area contributed by atoms with Crippen LogP contribution in [0.15, 0.2) is 109 Å². The summed E-state index contributed by atoms with van der Waals surface area (Å²) in [6.45, 7) is 6.52. The second-order valence-corrected chi connectivity index (χ2v) is 23.4. The topological polar surface area (TPSA) is 78.9 Å². The monoisotopic (exact) mass is 1150 g/mol. The van der Waals surface area contributed by atoms with Gasteiger partial charge in [0.15, 0.2) is 6.10 Å². The lowest BCUT2D eigenvalue weighted by Gasteiger charge is -2.18. The summed E-state index contributed by atoms with van der Waals surface area (Å²) in [5, 5.41) is 0. The van der Waals surface area contributed by atoms with E-state index in [2.05, 4.69) is 130 Å². The second-order valence-electron chi connectivity index (χ2n) is 23.4. The number of unbranched alkanes of at least 4 members (excludes halogenated alkanes) is 35. The molecule has 476 valence electrons. The van der Waals surface area contributed by atoms with Crippen molar-refractivity contribution in [3.8, 4) is 0 Å². The first kappa shape index (κ1) is 79.1. The number of esters is 3. The van der Waals surface area contributed by atoms with E-state index < -0.39 is 6.10 Å². The molecule has 0 rings (SSSR count). The van der Waals surface area contributed by atoms with Crippen molar-refractivity contribution in [2.24, 2.45) is 0 Å². The van der Waals surface area contributed by atoms with Crippen LogP contribution in [0.5, 0.6) is 0 Å². The van der Waals surface area contributed by atoms with Gasteiger partial charge in [-0.25, -0.2) is 0 Å². The Labute approximate surface area is 514 Å². The molecule has 0 aromatic heterocycles. The maximum Gasteiger partial charge on any atom is 0.306 e. The highest BCUT2D eigenvalue weighted by molar-refractivity contribution is 5.71. The zero-order valence-electron chi connectivity index (χ0n) is 54.7. The molecule has 0 saturated carbocycles. The van der Waals surface area contributed by atoms with Gasteiger partial charge >= 0.3 is 17.9 Å². The Balaban J connectivity index is 4.40. The third-order valence-corrected chi connectivity index (χ3v) is 15.2. The van der Waals surface area contributed by atoms with Gasteiger partial charge in [0, 0.05) is 19.3 Å². The molecule has 0 aliphatic heterocycles. The molecule has 0 aromatic carbocycles. The van der Waals surface area contributed by atoms with E-state index >= 15 is 0 Å². The predicted octanol–water partition coefficient (Wildman–Crippen LogP) is 24.6. The van der Waals surface area contributed by atoms with E-state index in [1.807, 2.05) is 0 Å². The van der Waals surface area contributed by atoms with Crippen molar-refractivity contribution >= 4 is 17.9 Å². The van der Waals surface area contributed by atoms with Crippen LogP contribution in [0.3, 0.4) is 0 Å². The Morgan fingerprint density at radius 2 is 0.470 bits per heavy atom. The zero-order valence-corrected chi connectivity index (χ0v) is 54.7. The molecule has 1 unspecified atom stereocenters. The fourth-order valence-electron chi connectivity index (χ4n) is 9.94. The third-order valence-electron chi connectivity index (χ3n) is 15.2. The third kappa shape index (κ3) is 68.7. The average molecular weight is 1150 g/mol. The summed E-state index contributed by atoms with van der Waals surface area (Å²) in [6, 6.07) is 0. The van der Waals surface area contributed by atoms with Gasteiger partial charge in [0.1, 0.15) is 13.2 Å². The molecule has 0 fully saturated rings. The molecule has 0 bridgehead atoms. The first-order chi connectivity index (χ1) is 41.0. The van der Waals surface area contributed by atoms with Crippen LogP contribution in [-0.4, -0.2) is 37.2 Å². The van der Waals surface area contributed by atoms with Gasteiger partial charge in [0.25, 0.3) is 0 Å². The van der Waals surface area contributed by atoms with Crippen LogP contribution < -0.4 is 0 Å². The first-order valence-electron chi connectivity index (χ1n) is 35.4. The summed E-state index contributed by atoms with van der Waals surface area (Å²) in [6.07, 6.45) is 96.7. The number of hydrogen-bond donors (Lipinski definition) is 0. The predicted molar refractivity (Wildman–Crippen MR) is 362 cm³/mol. The second kappa shape index (κ2) is 70.6. The van der Waals surface area contributed by atoms with Gasteiger partial charge in [-0.15, -0.1) is 0 Å². The van der Waals surface area contributed by atoms with Crippen LogP contribution >= 0.6 is 0 Å². The van der Waals surface area contributed by atoms with Crippen LogP contribution in [0.4, 0.5) is 0 Å². The number of hydrogen-bond acceptors (Lipinski definition) is 6. The molecule has 0 heterocycles. The Kier molecular flexibility index (Phi) is 67.2. The van der Waals surface area contributed by atoms with Crippen molar-refractivity contribution in [3.63, 3.8) is 0 Å². The van der Waals surface area contributed by atoms with Gasteiger partial charge in [0.2, 0.25) is 0 Å². The van der Waals surface area contributed by atoms with Gasteiger partial charge in [0.05, 0.1) is 0 Å². The molecule has 0 spiro atoms. The van der Waals surface area contributed by atoms with Crippen molar-refractivity contribution in [1.29, 1.82) is 0 Å². The van der Waals surface area contributed by atoms with Crippen LogP contribution in [0.2, 0.25) is 0 Å². The minimum absolute atomic E-state index is 0.0845. The van der Waals surface area contributed by atoms with E-state index in [-0.39, 0.29) is 31.1 Å². The maximum absolute atomic E-state index is 13.0. The van der Waals surface area contributed by atoms with E-state index in [1.165, 1.54) is 193 Å². The molecule has 0 radical (unpaired) electrons. The smallest absolute Gasteiger partial charge is 0.306 e. The zero-order chi connectivity index (χ0) is 59.9. The van der Waals surface area contributed by atoms with Crippen LogP contribution in [0, 0.1) is 0 Å². The minimum atomic E-state index is -0.790. The maximum atomic E-state index is 13.0. The van der Waals surface area contributed by atoms with E-state index in [9.17, 15) is 14.4 Å². The minimum Gasteiger partial charge on any atom is -0.462 e. The van der Waals surface area contributed by atoms with E-state index in [4.69, 9.17) is 14.2 Å². The quantitative estimate of drug-likeness (QED) is 0.0261.